The van der Waals surface area contributed by atoms with Crippen molar-refractivity contribution >= 4 is 10.8 Å². The van der Waals surface area contributed by atoms with Crippen LogP contribution in [0.15, 0.2) is 24.3 Å². The van der Waals surface area contributed by atoms with Crippen LogP contribution in [0.5, 0.6) is 0 Å². The van der Waals surface area contributed by atoms with Crippen molar-refractivity contribution in [2.45, 2.75) is 19.3 Å². The lowest BCUT2D eigenvalue weighted by Crippen LogP contribution is -2.07. The van der Waals surface area contributed by atoms with Gasteiger partial charge in [0.2, 0.25) is 0 Å². The summed E-state index contributed by atoms with van der Waals surface area (Å²) in [5.74, 6) is 0. The van der Waals surface area contributed by atoms with Gasteiger partial charge >= 0.3 is 0 Å². The van der Waals surface area contributed by atoms with E-state index in [0.717, 1.165) is 0 Å². The number of aryl methyl sites for hydroxylation is 2. The summed E-state index contributed by atoms with van der Waals surface area (Å²) in [5.41, 5.74) is 6.28. The Morgan fingerprint density at radius 3 is 1.54 bits per heavy atom. The zero-order chi connectivity index (χ0) is 8.41. The van der Waals surface area contributed by atoms with Gasteiger partial charge in [0.15, 0.2) is 0 Å². The van der Waals surface area contributed by atoms with Gasteiger partial charge in [-0.05, 0) is 52.3 Å². The molecule has 0 radical (unpaired) electrons. The lowest BCUT2D eigenvalue weighted by molar-refractivity contribution is 0.844. The molecule has 2 aliphatic rings. The van der Waals surface area contributed by atoms with Crippen LogP contribution in [0.3, 0.4) is 0 Å². The molecule has 0 aliphatic heterocycles. The maximum absolute atomic E-state index is 2.38. The Bertz CT molecular complexity index is 487. The van der Waals surface area contributed by atoms with Crippen LogP contribution >= 0.6 is 0 Å². The maximum Gasteiger partial charge on any atom is -0.00196 e. The minimum atomic E-state index is 1.24. The predicted molar refractivity (Wildman–Crippen MR) is 54.2 cm³/mol. The summed E-state index contributed by atoms with van der Waals surface area (Å²) >= 11 is 0. The molecule has 0 saturated heterocycles. The summed E-state index contributed by atoms with van der Waals surface area (Å²) < 4.78 is 0. The highest BCUT2D eigenvalue weighted by atomic mass is 14.2. The number of rotatable bonds is 0. The van der Waals surface area contributed by atoms with E-state index >= 15 is 0 Å². The molecule has 2 aliphatic carbocycles. The Morgan fingerprint density at radius 1 is 0.615 bits per heavy atom. The van der Waals surface area contributed by atoms with Crippen LogP contribution in [0.4, 0.5) is 0 Å². The van der Waals surface area contributed by atoms with Crippen molar-refractivity contribution in [1.29, 1.82) is 0 Å². The Labute approximate surface area is 77.2 Å². The van der Waals surface area contributed by atoms with Gasteiger partial charge in [0.25, 0.3) is 0 Å². The summed E-state index contributed by atoms with van der Waals surface area (Å²) in [5, 5.41) is 2.91. The molecule has 2 aromatic carbocycles. The first-order valence-electron chi connectivity index (χ1n) is 4.97. The quantitative estimate of drug-likeness (QED) is 0.481. The summed E-state index contributed by atoms with van der Waals surface area (Å²) in [4.78, 5) is 0. The molecule has 0 atom stereocenters. The molecule has 62 valence electrons. The fourth-order valence-electron chi connectivity index (χ4n) is 2.36. The summed E-state index contributed by atoms with van der Waals surface area (Å²) in [6, 6.07) is 9.49. The highest BCUT2D eigenvalue weighted by Gasteiger charge is 2.19. The Hall–Kier alpha value is -1.30. The van der Waals surface area contributed by atoms with E-state index in [1.54, 1.807) is 22.3 Å². The average Bonchev–Trinajstić information content (AvgIpc) is 2.83. The van der Waals surface area contributed by atoms with E-state index in [1.807, 2.05) is 0 Å². The Morgan fingerprint density at radius 2 is 1.08 bits per heavy atom. The lowest BCUT2D eigenvalue weighted by atomic mass is 9.86. The van der Waals surface area contributed by atoms with Crippen molar-refractivity contribution in [3.63, 3.8) is 0 Å². The second kappa shape index (κ2) is 1.79. The normalized spacial score (nSPS) is 16.3. The molecule has 0 fully saturated rings. The van der Waals surface area contributed by atoms with Gasteiger partial charge in [-0.2, -0.15) is 0 Å². The minimum absolute atomic E-state index is 1.24. The van der Waals surface area contributed by atoms with Gasteiger partial charge < -0.3 is 0 Å². The fraction of sp³-hybridized carbons (Fsp3) is 0.231. The van der Waals surface area contributed by atoms with Crippen molar-refractivity contribution in [1.82, 2.24) is 0 Å². The first-order chi connectivity index (χ1) is 6.40. The standard InChI is InChI=1S/C13H10/c1-2-9-4-11-6-13-7-12(13)5-10(11)3-8(1)9/h3-6H,1-2,7H2. The van der Waals surface area contributed by atoms with Gasteiger partial charge in [0, 0.05) is 0 Å². The molecule has 0 spiro atoms. The van der Waals surface area contributed by atoms with Gasteiger partial charge in [-0.1, -0.05) is 24.3 Å². The molecule has 0 bridgehead atoms. The first-order valence-corrected chi connectivity index (χ1v) is 4.97. The summed E-state index contributed by atoms with van der Waals surface area (Å²) in [6.07, 6.45) is 3.82. The second-order valence-electron chi connectivity index (χ2n) is 4.27. The lowest BCUT2D eigenvalue weighted by Gasteiger charge is -2.19. The van der Waals surface area contributed by atoms with E-state index in [0.29, 0.717) is 0 Å². The van der Waals surface area contributed by atoms with Crippen LogP contribution < -0.4 is 0 Å². The molecule has 13 heavy (non-hydrogen) atoms. The van der Waals surface area contributed by atoms with Crippen LogP contribution in [-0.4, -0.2) is 0 Å². The molecular formula is C13H10. The van der Waals surface area contributed by atoms with E-state index in [-0.39, 0.29) is 0 Å². The van der Waals surface area contributed by atoms with Gasteiger partial charge in [0.05, 0.1) is 0 Å². The first kappa shape index (κ1) is 6.20. The topological polar surface area (TPSA) is 0 Å². The highest BCUT2D eigenvalue weighted by molar-refractivity contribution is 5.88. The van der Waals surface area contributed by atoms with Crippen molar-refractivity contribution in [2.24, 2.45) is 0 Å². The minimum Gasteiger partial charge on any atom is -0.0509 e. The van der Waals surface area contributed by atoms with Crippen LogP contribution in [0.25, 0.3) is 10.8 Å². The summed E-state index contributed by atoms with van der Waals surface area (Å²) in [7, 11) is 0. The van der Waals surface area contributed by atoms with Gasteiger partial charge in [0.1, 0.15) is 0 Å². The van der Waals surface area contributed by atoms with E-state index in [9.17, 15) is 0 Å². The Kier molecular flexibility index (Phi) is 0.855. The zero-order valence-corrected chi connectivity index (χ0v) is 7.43. The number of benzene rings is 2. The molecule has 0 aromatic heterocycles. The molecule has 0 amide bonds. The predicted octanol–water partition coefficient (Wildman–Crippen LogP) is 2.84. The largest absolute Gasteiger partial charge is 0.0509 e. The monoisotopic (exact) mass is 166 g/mol. The average molecular weight is 166 g/mol. The van der Waals surface area contributed by atoms with E-state index in [1.165, 1.54) is 30.0 Å². The van der Waals surface area contributed by atoms with E-state index in [2.05, 4.69) is 24.3 Å². The molecule has 2 aromatic rings. The van der Waals surface area contributed by atoms with E-state index in [4.69, 9.17) is 0 Å². The number of fused-ring (bicyclic) bond motifs is 3. The molecule has 0 heterocycles. The number of hydrogen-bond acceptors (Lipinski definition) is 0. The molecule has 0 unspecified atom stereocenters. The molecule has 0 N–H and O–H groups in total. The van der Waals surface area contributed by atoms with Crippen LogP contribution in [0.1, 0.15) is 22.3 Å². The third-order valence-electron chi connectivity index (χ3n) is 3.40. The third kappa shape index (κ3) is 0.713. The zero-order valence-electron chi connectivity index (χ0n) is 7.43. The highest BCUT2D eigenvalue weighted by Crippen LogP contribution is 2.35. The Balaban J connectivity index is 2.18. The summed E-state index contributed by atoms with van der Waals surface area (Å²) in [6.45, 7) is 0. The number of hydrogen-bond donors (Lipinski definition) is 0. The van der Waals surface area contributed by atoms with Crippen LogP contribution in [-0.2, 0) is 19.3 Å². The smallest absolute Gasteiger partial charge is 0.00196 e. The molecule has 4 rings (SSSR count). The van der Waals surface area contributed by atoms with Gasteiger partial charge in [-0.25, -0.2) is 0 Å². The van der Waals surface area contributed by atoms with E-state index < -0.39 is 0 Å². The molecule has 0 nitrogen and oxygen atoms in total. The van der Waals surface area contributed by atoms with Crippen LogP contribution in [0, 0.1) is 0 Å². The second-order valence-corrected chi connectivity index (χ2v) is 4.27. The SMILES string of the molecule is c1c2c(cc3cc4c(cc13)C4)CC2. The molecular weight excluding hydrogens is 156 g/mol. The van der Waals surface area contributed by atoms with Crippen molar-refractivity contribution in [3.8, 4) is 0 Å². The van der Waals surface area contributed by atoms with Crippen molar-refractivity contribution < 1.29 is 0 Å². The van der Waals surface area contributed by atoms with Crippen LogP contribution in [0.2, 0.25) is 0 Å². The van der Waals surface area contributed by atoms with Gasteiger partial charge in [-0.15, -0.1) is 0 Å². The maximum atomic E-state index is 2.38. The molecule has 0 heteroatoms. The van der Waals surface area contributed by atoms with Crippen molar-refractivity contribution in [2.75, 3.05) is 0 Å². The molecule has 0 saturated carbocycles. The van der Waals surface area contributed by atoms with Gasteiger partial charge in [-0.3, -0.25) is 0 Å². The fourth-order valence-corrected chi connectivity index (χ4v) is 2.36. The third-order valence-corrected chi connectivity index (χ3v) is 3.40. The van der Waals surface area contributed by atoms with Crippen molar-refractivity contribution in [3.05, 3.63) is 46.5 Å².